The summed E-state index contributed by atoms with van der Waals surface area (Å²) in [4.78, 5) is 22.4. The number of nitro benzene ring substituents is 1. The molecule has 1 aromatic heterocycles. The number of hydrogen-bond donors (Lipinski definition) is 3. The topological polar surface area (TPSA) is 109 Å². The SMILES string of the molecule is O=C(NC(=S)NNc1ccc([N+](=O)[O-])cc1)c1ccc(-c2ccc(Cl)c(Cl)c2)o1. The Morgan fingerprint density at radius 2 is 1.76 bits per heavy atom. The number of hydrogen-bond acceptors (Lipinski definition) is 6. The van der Waals surface area contributed by atoms with Crippen LogP contribution >= 0.6 is 35.4 Å². The zero-order chi connectivity index (χ0) is 21.0. The van der Waals surface area contributed by atoms with Gasteiger partial charge in [-0.2, -0.15) is 0 Å². The van der Waals surface area contributed by atoms with Crippen LogP contribution in [0.25, 0.3) is 11.3 Å². The summed E-state index contributed by atoms with van der Waals surface area (Å²) in [6, 6.07) is 13.7. The summed E-state index contributed by atoms with van der Waals surface area (Å²) in [5.74, 6) is -0.0681. The number of nitro groups is 1. The number of nitrogens with zero attached hydrogens (tertiary/aromatic N) is 1. The van der Waals surface area contributed by atoms with Gasteiger partial charge < -0.3 is 4.42 Å². The predicted octanol–water partition coefficient (Wildman–Crippen LogP) is 4.79. The number of carbonyl (C=O) groups is 1. The Bertz CT molecular complexity index is 1090. The van der Waals surface area contributed by atoms with Crippen LogP contribution in [-0.2, 0) is 0 Å². The molecule has 0 radical (unpaired) electrons. The molecular weight excluding hydrogens is 439 g/mol. The fourth-order valence-corrected chi connectivity index (χ4v) is 2.70. The van der Waals surface area contributed by atoms with Crippen molar-refractivity contribution in [1.82, 2.24) is 10.7 Å². The first kappa shape index (κ1) is 20.6. The van der Waals surface area contributed by atoms with Crippen molar-refractivity contribution < 1.29 is 14.1 Å². The molecule has 0 saturated carbocycles. The van der Waals surface area contributed by atoms with Gasteiger partial charge in [0.05, 0.1) is 20.7 Å². The van der Waals surface area contributed by atoms with Gasteiger partial charge in [-0.15, -0.1) is 0 Å². The first-order valence-corrected chi connectivity index (χ1v) is 9.17. The Kier molecular flexibility index (Phi) is 6.32. The molecule has 0 bridgehead atoms. The van der Waals surface area contributed by atoms with Crippen LogP contribution in [0.2, 0.25) is 10.0 Å². The molecule has 29 heavy (non-hydrogen) atoms. The molecule has 0 saturated heterocycles. The van der Waals surface area contributed by atoms with E-state index < -0.39 is 10.8 Å². The van der Waals surface area contributed by atoms with Gasteiger partial charge in [0.1, 0.15) is 5.76 Å². The Balaban J connectivity index is 1.57. The fraction of sp³-hybridized carbons (Fsp3) is 0. The van der Waals surface area contributed by atoms with Crippen molar-refractivity contribution in [3.63, 3.8) is 0 Å². The molecule has 0 unspecified atom stereocenters. The van der Waals surface area contributed by atoms with Gasteiger partial charge in [-0.3, -0.25) is 31.1 Å². The lowest BCUT2D eigenvalue weighted by atomic mass is 10.2. The zero-order valence-electron chi connectivity index (χ0n) is 14.4. The number of thiocarbonyl (C=S) groups is 1. The smallest absolute Gasteiger partial charge is 0.293 e. The van der Waals surface area contributed by atoms with Gasteiger partial charge in [-0.05, 0) is 54.7 Å². The van der Waals surface area contributed by atoms with Crippen molar-refractivity contribution >= 4 is 57.8 Å². The van der Waals surface area contributed by atoms with Crippen molar-refractivity contribution in [2.75, 3.05) is 5.43 Å². The molecule has 0 aliphatic rings. The second kappa shape index (κ2) is 8.91. The third-order valence-corrected chi connectivity index (χ3v) is 4.60. The summed E-state index contributed by atoms with van der Waals surface area (Å²) in [6.07, 6.45) is 0. The maximum Gasteiger partial charge on any atom is 0.293 e. The number of non-ortho nitro benzene ring substituents is 1. The van der Waals surface area contributed by atoms with Gasteiger partial charge in [0, 0.05) is 17.7 Å². The summed E-state index contributed by atoms with van der Waals surface area (Å²) in [5, 5.41) is 13.9. The van der Waals surface area contributed by atoms with Crippen molar-refractivity contribution in [2.24, 2.45) is 0 Å². The average Bonchev–Trinajstić information content (AvgIpc) is 3.19. The molecule has 2 aromatic carbocycles. The Labute approximate surface area is 179 Å². The van der Waals surface area contributed by atoms with E-state index in [0.717, 1.165) is 0 Å². The molecule has 3 N–H and O–H groups in total. The third-order valence-electron chi connectivity index (χ3n) is 3.66. The maximum absolute atomic E-state index is 12.3. The van der Waals surface area contributed by atoms with E-state index in [4.69, 9.17) is 39.8 Å². The molecule has 0 fully saturated rings. The molecule has 0 aliphatic heterocycles. The van der Waals surface area contributed by atoms with Crippen LogP contribution in [0.3, 0.4) is 0 Å². The number of nitrogens with one attached hydrogen (secondary N) is 3. The highest BCUT2D eigenvalue weighted by molar-refractivity contribution is 7.80. The molecule has 3 rings (SSSR count). The predicted molar refractivity (Wildman–Crippen MR) is 114 cm³/mol. The summed E-state index contributed by atoms with van der Waals surface area (Å²) in [5.41, 5.74) is 6.48. The third kappa shape index (κ3) is 5.23. The molecule has 148 valence electrons. The number of amides is 1. The average molecular weight is 451 g/mol. The van der Waals surface area contributed by atoms with Gasteiger partial charge in [0.2, 0.25) is 0 Å². The van der Waals surface area contributed by atoms with Crippen molar-refractivity contribution in [1.29, 1.82) is 0 Å². The molecule has 0 aliphatic carbocycles. The van der Waals surface area contributed by atoms with Crippen LogP contribution < -0.4 is 16.2 Å². The zero-order valence-corrected chi connectivity index (χ0v) is 16.8. The number of carbonyl (C=O) groups excluding carboxylic acids is 1. The number of halogens is 2. The number of anilines is 1. The molecular formula is C18H12Cl2N4O4S. The van der Waals surface area contributed by atoms with E-state index in [0.29, 0.717) is 27.1 Å². The van der Waals surface area contributed by atoms with E-state index in [1.165, 1.54) is 30.3 Å². The van der Waals surface area contributed by atoms with Gasteiger partial charge in [-0.25, -0.2) is 0 Å². The lowest BCUT2D eigenvalue weighted by molar-refractivity contribution is -0.384. The van der Waals surface area contributed by atoms with Crippen LogP contribution in [0.15, 0.2) is 59.0 Å². The Morgan fingerprint density at radius 1 is 1.03 bits per heavy atom. The summed E-state index contributed by atoms with van der Waals surface area (Å²) in [6.45, 7) is 0. The lowest BCUT2D eigenvalue weighted by Gasteiger charge is -2.10. The van der Waals surface area contributed by atoms with E-state index in [-0.39, 0.29) is 16.6 Å². The van der Waals surface area contributed by atoms with Gasteiger partial charge in [-0.1, -0.05) is 23.2 Å². The molecule has 3 aromatic rings. The monoisotopic (exact) mass is 450 g/mol. The molecule has 1 amide bonds. The fourth-order valence-electron chi connectivity index (χ4n) is 2.26. The molecule has 0 atom stereocenters. The van der Waals surface area contributed by atoms with E-state index >= 15 is 0 Å². The Morgan fingerprint density at radius 3 is 2.41 bits per heavy atom. The van der Waals surface area contributed by atoms with Gasteiger partial charge in [0.15, 0.2) is 10.9 Å². The van der Waals surface area contributed by atoms with E-state index in [1.807, 2.05) is 0 Å². The minimum absolute atomic E-state index is 0.0131. The summed E-state index contributed by atoms with van der Waals surface area (Å²) >= 11 is 16.9. The molecule has 8 nitrogen and oxygen atoms in total. The van der Waals surface area contributed by atoms with Gasteiger partial charge in [0.25, 0.3) is 11.6 Å². The second-order valence-corrected chi connectivity index (χ2v) is 6.85. The standard InChI is InChI=1S/C18H12Cl2N4O4S/c19-13-6-1-10(9-14(13)20)15-7-8-16(28-15)17(25)21-18(29)23-22-11-2-4-12(5-3-11)24(26)27/h1-9,22H,(H2,21,23,25,29). The van der Waals surface area contributed by atoms with Crippen LogP contribution in [0.1, 0.15) is 10.6 Å². The lowest BCUT2D eigenvalue weighted by Crippen LogP contribution is -2.41. The highest BCUT2D eigenvalue weighted by atomic mass is 35.5. The summed E-state index contributed by atoms with van der Waals surface area (Å²) < 4.78 is 5.54. The van der Waals surface area contributed by atoms with Crippen LogP contribution in [0.5, 0.6) is 0 Å². The van der Waals surface area contributed by atoms with E-state index in [2.05, 4.69) is 16.2 Å². The van der Waals surface area contributed by atoms with Crippen LogP contribution in [0.4, 0.5) is 11.4 Å². The second-order valence-electron chi connectivity index (χ2n) is 5.63. The molecule has 11 heteroatoms. The van der Waals surface area contributed by atoms with Crippen LogP contribution in [0, 0.1) is 10.1 Å². The maximum atomic E-state index is 12.3. The number of rotatable bonds is 5. The van der Waals surface area contributed by atoms with Crippen molar-refractivity contribution in [2.45, 2.75) is 0 Å². The van der Waals surface area contributed by atoms with Crippen molar-refractivity contribution in [3.05, 3.63) is 80.5 Å². The minimum atomic E-state index is -0.556. The largest absolute Gasteiger partial charge is 0.451 e. The van der Waals surface area contributed by atoms with Gasteiger partial charge >= 0.3 is 0 Å². The quantitative estimate of drug-likeness (QED) is 0.291. The number of hydrazine groups is 1. The van der Waals surface area contributed by atoms with Crippen molar-refractivity contribution in [3.8, 4) is 11.3 Å². The first-order chi connectivity index (χ1) is 13.8. The minimum Gasteiger partial charge on any atom is -0.451 e. The summed E-state index contributed by atoms with van der Waals surface area (Å²) in [7, 11) is 0. The van der Waals surface area contributed by atoms with E-state index in [9.17, 15) is 14.9 Å². The number of benzene rings is 2. The van der Waals surface area contributed by atoms with Crippen LogP contribution in [-0.4, -0.2) is 15.9 Å². The molecule has 0 spiro atoms. The highest BCUT2D eigenvalue weighted by Crippen LogP contribution is 2.29. The Hall–Kier alpha value is -3.14. The molecule has 1 heterocycles. The number of furan rings is 1. The van der Waals surface area contributed by atoms with E-state index in [1.54, 1.807) is 24.3 Å². The highest BCUT2D eigenvalue weighted by Gasteiger charge is 2.14. The normalized spacial score (nSPS) is 10.3. The first-order valence-electron chi connectivity index (χ1n) is 8.00.